The number of amides is 1. The fourth-order valence-corrected chi connectivity index (χ4v) is 2.31. The molecule has 1 atom stereocenters. The van der Waals surface area contributed by atoms with E-state index in [0.717, 1.165) is 6.42 Å². The molecule has 0 radical (unpaired) electrons. The Morgan fingerprint density at radius 3 is 2.56 bits per heavy atom. The largest absolute Gasteiger partial charge is 0.481 e. The van der Waals surface area contributed by atoms with Gasteiger partial charge in [0, 0.05) is 17.8 Å². The lowest BCUT2D eigenvalue weighted by molar-refractivity contribution is -0.384. The van der Waals surface area contributed by atoms with E-state index in [9.17, 15) is 14.9 Å². The van der Waals surface area contributed by atoms with Gasteiger partial charge >= 0.3 is 0 Å². The summed E-state index contributed by atoms with van der Waals surface area (Å²) in [7, 11) is 0. The maximum atomic E-state index is 12.1. The molecule has 2 aromatic rings. The number of hydrogen-bond acceptors (Lipinski definition) is 5. The third kappa shape index (κ3) is 6.23. The topological polar surface area (TPSA) is 106 Å². The van der Waals surface area contributed by atoms with Gasteiger partial charge in [0.15, 0.2) is 11.2 Å². The van der Waals surface area contributed by atoms with Gasteiger partial charge < -0.3 is 10.1 Å². The van der Waals surface area contributed by atoms with Crippen molar-refractivity contribution in [1.82, 2.24) is 10.9 Å². The minimum Gasteiger partial charge on any atom is -0.481 e. The number of ether oxygens (including phenoxy) is 1. The van der Waals surface area contributed by atoms with Gasteiger partial charge in [-0.15, -0.1) is 0 Å². The van der Waals surface area contributed by atoms with E-state index in [1.165, 1.54) is 23.8 Å². The van der Waals surface area contributed by atoms with Crippen LogP contribution in [-0.4, -0.2) is 22.0 Å². The molecule has 27 heavy (non-hydrogen) atoms. The average molecular weight is 388 g/mol. The van der Waals surface area contributed by atoms with Gasteiger partial charge in [-0.05, 0) is 49.3 Å². The summed E-state index contributed by atoms with van der Waals surface area (Å²) < 4.78 is 5.58. The van der Waals surface area contributed by atoms with Crippen LogP contribution in [0.3, 0.4) is 0 Å². The number of thiocarbonyl (C=S) groups is 1. The molecule has 3 N–H and O–H groups in total. The molecule has 0 aliphatic carbocycles. The second-order valence-electron chi connectivity index (χ2n) is 5.63. The normalized spacial score (nSPS) is 11.2. The number of hydrazine groups is 1. The highest BCUT2D eigenvalue weighted by molar-refractivity contribution is 7.80. The number of nitrogens with one attached hydrogen (secondary N) is 3. The van der Waals surface area contributed by atoms with Gasteiger partial charge in [-0.2, -0.15) is 0 Å². The summed E-state index contributed by atoms with van der Waals surface area (Å²) in [6.45, 7) is 3.67. The highest BCUT2D eigenvalue weighted by atomic mass is 32.1. The Balaban J connectivity index is 1.82. The number of nitro groups is 1. The summed E-state index contributed by atoms with van der Waals surface area (Å²) in [5.74, 6) is 0.171. The first kappa shape index (κ1) is 20.1. The van der Waals surface area contributed by atoms with Gasteiger partial charge in [0.1, 0.15) is 5.75 Å². The zero-order valence-electron chi connectivity index (χ0n) is 14.9. The predicted octanol–water partition coefficient (Wildman–Crippen LogP) is 2.94. The van der Waals surface area contributed by atoms with Gasteiger partial charge in [-0.3, -0.25) is 25.8 Å². The van der Waals surface area contributed by atoms with Crippen LogP contribution >= 0.6 is 12.2 Å². The minimum absolute atomic E-state index is 0.0667. The quantitative estimate of drug-likeness (QED) is 0.397. The number of nitrogens with zero attached hydrogens (tertiary/aromatic N) is 1. The van der Waals surface area contributed by atoms with E-state index in [1.54, 1.807) is 13.0 Å². The predicted molar refractivity (Wildman–Crippen MR) is 107 cm³/mol. The maximum absolute atomic E-state index is 12.1. The van der Waals surface area contributed by atoms with Gasteiger partial charge in [0.2, 0.25) is 0 Å². The Hall–Kier alpha value is -3.20. The molecule has 2 rings (SSSR count). The molecular formula is C18H20N4O4S. The van der Waals surface area contributed by atoms with Crippen molar-refractivity contribution in [1.29, 1.82) is 0 Å². The molecule has 0 fully saturated rings. The monoisotopic (exact) mass is 388 g/mol. The number of anilines is 1. The molecule has 9 heteroatoms. The van der Waals surface area contributed by atoms with E-state index in [0.29, 0.717) is 11.4 Å². The lowest BCUT2D eigenvalue weighted by Gasteiger charge is -2.16. The van der Waals surface area contributed by atoms with Crippen LogP contribution in [0.4, 0.5) is 11.4 Å². The number of carbonyl (C=O) groups is 1. The summed E-state index contributed by atoms with van der Waals surface area (Å²) in [4.78, 5) is 22.4. The molecule has 2 aromatic carbocycles. The second kappa shape index (κ2) is 9.48. The van der Waals surface area contributed by atoms with Crippen molar-refractivity contribution in [2.24, 2.45) is 0 Å². The van der Waals surface area contributed by atoms with Crippen LogP contribution < -0.4 is 20.9 Å². The van der Waals surface area contributed by atoms with Crippen molar-refractivity contribution in [2.45, 2.75) is 26.4 Å². The van der Waals surface area contributed by atoms with Crippen LogP contribution in [0, 0.1) is 10.1 Å². The van der Waals surface area contributed by atoms with E-state index in [2.05, 4.69) is 23.1 Å². The Kier molecular flexibility index (Phi) is 7.07. The number of non-ortho nitro benzene ring substituents is 1. The minimum atomic E-state index is -0.745. The molecule has 1 amide bonds. The fraction of sp³-hybridized carbons (Fsp3) is 0.222. The Morgan fingerprint density at radius 2 is 1.93 bits per heavy atom. The molecule has 0 unspecified atom stereocenters. The molecule has 0 spiro atoms. The standard InChI is InChI=1S/C18H20N4O4S/c1-3-13-7-9-16(10-8-13)26-12(2)17(23)20-21-18(27)19-14-5-4-6-15(11-14)22(24)25/h4-12H,3H2,1-2H3,(H,20,23)(H2,19,21,27)/t12-/m0/s1. The zero-order valence-corrected chi connectivity index (χ0v) is 15.7. The molecule has 0 aromatic heterocycles. The second-order valence-corrected chi connectivity index (χ2v) is 6.04. The molecule has 142 valence electrons. The van der Waals surface area contributed by atoms with Crippen molar-refractivity contribution in [2.75, 3.05) is 5.32 Å². The number of benzene rings is 2. The molecule has 8 nitrogen and oxygen atoms in total. The van der Waals surface area contributed by atoms with Crippen molar-refractivity contribution >= 4 is 34.6 Å². The Morgan fingerprint density at radius 1 is 1.22 bits per heavy atom. The van der Waals surface area contributed by atoms with E-state index >= 15 is 0 Å². The van der Waals surface area contributed by atoms with Gasteiger partial charge in [-0.25, -0.2) is 0 Å². The number of rotatable bonds is 6. The Labute approximate surface area is 162 Å². The molecule has 0 aliphatic heterocycles. The number of hydrogen-bond donors (Lipinski definition) is 3. The smallest absolute Gasteiger partial charge is 0.279 e. The van der Waals surface area contributed by atoms with Crippen LogP contribution in [0.1, 0.15) is 19.4 Å². The van der Waals surface area contributed by atoms with Crippen molar-refractivity contribution in [3.63, 3.8) is 0 Å². The van der Waals surface area contributed by atoms with E-state index in [4.69, 9.17) is 17.0 Å². The lowest BCUT2D eigenvalue weighted by atomic mass is 10.2. The average Bonchev–Trinajstić information content (AvgIpc) is 2.66. The van der Waals surface area contributed by atoms with Gasteiger partial charge in [0.05, 0.1) is 4.92 Å². The van der Waals surface area contributed by atoms with Crippen LogP contribution in [-0.2, 0) is 11.2 Å². The Bertz CT molecular complexity index is 826. The van der Waals surface area contributed by atoms with Crippen molar-refractivity contribution in [3.8, 4) is 5.75 Å². The molecular weight excluding hydrogens is 368 g/mol. The van der Waals surface area contributed by atoms with Crippen molar-refractivity contribution in [3.05, 3.63) is 64.2 Å². The third-order valence-corrected chi connectivity index (χ3v) is 3.83. The van der Waals surface area contributed by atoms with Crippen LogP contribution in [0.15, 0.2) is 48.5 Å². The van der Waals surface area contributed by atoms with E-state index < -0.39 is 16.9 Å². The fourth-order valence-electron chi connectivity index (χ4n) is 2.14. The number of aryl methyl sites for hydroxylation is 1. The first-order valence-electron chi connectivity index (χ1n) is 8.26. The van der Waals surface area contributed by atoms with E-state index in [1.807, 2.05) is 24.3 Å². The van der Waals surface area contributed by atoms with Crippen LogP contribution in [0.2, 0.25) is 0 Å². The van der Waals surface area contributed by atoms with Crippen LogP contribution in [0.25, 0.3) is 0 Å². The summed E-state index contributed by atoms with van der Waals surface area (Å²) in [5, 5.41) is 13.6. The molecule has 0 saturated heterocycles. The summed E-state index contributed by atoms with van der Waals surface area (Å²) in [6, 6.07) is 13.4. The highest BCUT2D eigenvalue weighted by Gasteiger charge is 2.15. The summed E-state index contributed by atoms with van der Waals surface area (Å²) in [6.07, 6.45) is 0.181. The highest BCUT2D eigenvalue weighted by Crippen LogP contribution is 2.17. The van der Waals surface area contributed by atoms with Crippen molar-refractivity contribution < 1.29 is 14.5 Å². The molecule has 0 heterocycles. The SMILES string of the molecule is CCc1ccc(O[C@@H](C)C(=O)NNC(=S)Nc2cccc([N+](=O)[O-])c2)cc1. The summed E-state index contributed by atoms with van der Waals surface area (Å²) in [5.41, 5.74) is 6.51. The number of nitro benzene ring substituents is 1. The molecule has 0 saturated carbocycles. The zero-order chi connectivity index (χ0) is 19.8. The van der Waals surface area contributed by atoms with E-state index in [-0.39, 0.29) is 10.8 Å². The first-order chi connectivity index (χ1) is 12.9. The first-order valence-corrected chi connectivity index (χ1v) is 8.66. The van der Waals surface area contributed by atoms with Gasteiger partial charge in [0.25, 0.3) is 11.6 Å². The third-order valence-electron chi connectivity index (χ3n) is 3.63. The number of carbonyl (C=O) groups excluding carboxylic acids is 1. The lowest BCUT2D eigenvalue weighted by Crippen LogP contribution is -2.48. The molecule has 0 aliphatic rings. The van der Waals surface area contributed by atoms with Crippen LogP contribution in [0.5, 0.6) is 5.75 Å². The molecule has 0 bridgehead atoms. The summed E-state index contributed by atoms with van der Waals surface area (Å²) >= 11 is 5.06. The maximum Gasteiger partial charge on any atom is 0.279 e. The van der Waals surface area contributed by atoms with Gasteiger partial charge in [-0.1, -0.05) is 25.1 Å².